The molecule has 1 saturated heterocycles. The van der Waals surface area contributed by atoms with Crippen LogP contribution in [0.25, 0.3) is 0 Å². The van der Waals surface area contributed by atoms with Crippen molar-refractivity contribution in [3.8, 4) is 0 Å². The van der Waals surface area contributed by atoms with Crippen molar-refractivity contribution < 1.29 is 0 Å². The lowest BCUT2D eigenvalue weighted by Gasteiger charge is -2.29. The second-order valence-electron chi connectivity index (χ2n) is 4.44. The van der Waals surface area contributed by atoms with E-state index >= 15 is 0 Å². The maximum absolute atomic E-state index is 4.37. The highest BCUT2D eigenvalue weighted by molar-refractivity contribution is 5.36. The molecule has 2 heterocycles. The van der Waals surface area contributed by atoms with Crippen molar-refractivity contribution in [2.24, 2.45) is 0 Å². The van der Waals surface area contributed by atoms with E-state index in [1.54, 1.807) is 0 Å². The normalized spacial score (nSPS) is 26.3. The van der Waals surface area contributed by atoms with E-state index in [9.17, 15) is 0 Å². The minimum Gasteiger partial charge on any atom is -0.367 e. The maximum atomic E-state index is 4.37. The second-order valence-corrected chi connectivity index (χ2v) is 4.44. The summed E-state index contributed by atoms with van der Waals surface area (Å²) in [5.74, 6) is 1.000. The molecule has 15 heavy (non-hydrogen) atoms. The van der Waals surface area contributed by atoms with Crippen molar-refractivity contribution in [3.05, 3.63) is 23.9 Å². The molecule has 82 valence electrons. The number of hydrogen-bond donors (Lipinski definition) is 2. The molecule has 0 aliphatic carbocycles. The molecule has 2 N–H and O–H groups in total. The SMILES string of the molecule is Cc1ccc(NC2CCNC(C)C2)nc1. The van der Waals surface area contributed by atoms with E-state index in [-0.39, 0.29) is 0 Å². The number of piperidine rings is 1. The summed E-state index contributed by atoms with van der Waals surface area (Å²) in [5.41, 5.74) is 1.21. The number of aromatic nitrogens is 1. The molecule has 1 aliphatic heterocycles. The van der Waals surface area contributed by atoms with Crippen LogP contribution < -0.4 is 10.6 Å². The smallest absolute Gasteiger partial charge is 0.126 e. The van der Waals surface area contributed by atoms with E-state index in [1.807, 2.05) is 6.20 Å². The molecule has 0 aromatic carbocycles. The summed E-state index contributed by atoms with van der Waals surface area (Å²) in [4.78, 5) is 4.37. The van der Waals surface area contributed by atoms with Gasteiger partial charge in [-0.15, -0.1) is 0 Å². The Morgan fingerprint density at radius 2 is 2.33 bits per heavy atom. The van der Waals surface area contributed by atoms with Gasteiger partial charge in [-0.3, -0.25) is 0 Å². The van der Waals surface area contributed by atoms with Crippen LogP contribution in [0.1, 0.15) is 25.3 Å². The van der Waals surface area contributed by atoms with Crippen LogP contribution in [0, 0.1) is 6.92 Å². The van der Waals surface area contributed by atoms with Crippen LogP contribution in [0.4, 0.5) is 5.82 Å². The third-order valence-electron chi connectivity index (χ3n) is 2.89. The predicted octanol–water partition coefficient (Wildman–Crippen LogP) is 1.94. The standard InChI is InChI=1S/C12H19N3/c1-9-3-4-12(14-8-9)15-11-5-6-13-10(2)7-11/h3-4,8,10-11,13H,5-7H2,1-2H3,(H,14,15). The molecule has 3 heteroatoms. The number of aryl methyl sites for hydroxylation is 1. The Balaban J connectivity index is 1.93. The zero-order valence-corrected chi connectivity index (χ0v) is 9.46. The fourth-order valence-corrected chi connectivity index (χ4v) is 2.03. The zero-order chi connectivity index (χ0) is 10.7. The highest BCUT2D eigenvalue weighted by atomic mass is 15.0. The first-order valence-corrected chi connectivity index (χ1v) is 5.66. The number of nitrogens with one attached hydrogen (secondary N) is 2. The molecular formula is C12H19N3. The summed E-state index contributed by atoms with van der Waals surface area (Å²) in [5, 5.41) is 6.93. The fraction of sp³-hybridized carbons (Fsp3) is 0.583. The lowest BCUT2D eigenvalue weighted by atomic mass is 10.0. The Labute approximate surface area is 91.3 Å². The summed E-state index contributed by atoms with van der Waals surface area (Å²) in [6.07, 6.45) is 4.27. The van der Waals surface area contributed by atoms with Crippen LogP contribution in [-0.4, -0.2) is 23.6 Å². The molecule has 1 fully saturated rings. The van der Waals surface area contributed by atoms with Crippen LogP contribution >= 0.6 is 0 Å². The molecule has 1 aliphatic rings. The average Bonchev–Trinajstić information content (AvgIpc) is 2.22. The van der Waals surface area contributed by atoms with Gasteiger partial charge in [-0.2, -0.15) is 0 Å². The van der Waals surface area contributed by atoms with Gasteiger partial charge in [0.1, 0.15) is 5.82 Å². The van der Waals surface area contributed by atoms with Crippen molar-refractivity contribution in [2.45, 2.75) is 38.8 Å². The number of anilines is 1. The minimum absolute atomic E-state index is 0.566. The third kappa shape index (κ3) is 2.93. The second kappa shape index (κ2) is 4.62. The lowest BCUT2D eigenvalue weighted by Crippen LogP contribution is -2.41. The molecular weight excluding hydrogens is 186 g/mol. The topological polar surface area (TPSA) is 37.0 Å². The maximum Gasteiger partial charge on any atom is 0.126 e. The van der Waals surface area contributed by atoms with Gasteiger partial charge in [-0.25, -0.2) is 4.98 Å². The van der Waals surface area contributed by atoms with Crippen LogP contribution in [0.2, 0.25) is 0 Å². The van der Waals surface area contributed by atoms with E-state index < -0.39 is 0 Å². The van der Waals surface area contributed by atoms with Gasteiger partial charge in [0.2, 0.25) is 0 Å². The Morgan fingerprint density at radius 1 is 1.47 bits per heavy atom. The molecule has 2 atom stereocenters. The molecule has 0 radical (unpaired) electrons. The lowest BCUT2D eigenvalue weighted by molar-refractivity contribution is 0.396. The van der Waals surface area contributed by atoms with Crippen LogP contribution in [0.15, 0.2) is 18.3 Å². The third-order valence-corrected chi connectivity index (χ3v) is 2.89. The highest BCUT2D eigenvalue weighted by Gasteiger charge is 2.17. The number of pyridine rings is 1. The molecule has 0 amide bonds. The van der Waals surface area contributed by atoms with Crippen molar-refractivity contribution in [1.82, 2.24) is 10.3 Å². The van der Waals surface area contributed by atoms with Gasteiger partial charge in [0.05, 0.1) is 0 Å². The van der Waals surface area contributed by atoms with Gasteiger partial charge in [0.15, 0.2) is 0 Å². The first-order valence-electron chi connectivity index (χ1n) is 5.66. The summed E-state index contributed by atoms with van der Waals surface area (Å²) >= 11 is 0. The van der Waals surface area contributed by atoms with Crippen molar-refractivity contribution in [3.63, 3.8) is 0 Å². The zero-order valence-electron chi connectivity index (χ0n) is 9.46. The summed E-state index contributed by atoms with van der Waals surface area (Å²) < 4.78 is 0. The minimum atomic E-state index is 0.566. The van der Waals surface area contributed by atoms with Crippen LogP contribution in [-0.2, 0) is 0 Å². The van der Waals surface area contributed by atoms with Crippen LogP contribution in [0.3, 0.4) is 0 Å². The summed E-state index contributed by atoms with van der Waals surface area (Å²) in [6.45, 7) is 5.39. The Kier molecular flexibility index (Phi) is 3.21. The first kappa shape index (κ1) is 10.4. The number of hydrogen-bond acceptors (Lipinski definition) is 3. The van der Waals surface area contributed by atoms with E-state index in [0.717, 1.165) is 12.4 Å². The van der Waals surface area contributed by atoms with E-state index in [2.05, 4.69) is 41.6 Å². The highest BCUT2D eigenvalue weighted by Crippen LogP contribution is 2.14. The Bertz CT molecular complexity index is 307. The first-order chi connectivity index (χ1) is 7.24. The van der Waals surface area contributed by atoms with Gasteiger partial charge in [-0.05, 0) is 44.9 Å². The van der Waals surface area contributed by atoms with Gasteiger partial charge >= 0.3 is 0 Å². The number of rotatable bonds is 2. The van der Waals surface area contributed by atoms with Gasteiger partial charge < -0.3 is 10.6 Å². The Hall–Kier alpha value is -1.09. The quantitative estimate of drug-likeness (QED) is 0.774. The predicted molar refractivity (Wildman–Crippen MR) is 63.1 cm³/mol. The summed E-state index contributed by atoms with van der Waals surface area (Å²) in [7, 11) is 0. The molecule has 3 nitrogen and oxygen atoms in total. The van der Waals surface area contributed by atoms with Gasteiger partial charge in [0, 0.05) is 18.3 Å². The van der Waals surface area contributed by atoms with Crippen molar-refractivity contribution in [2.75, 3.05) is 11.9 Å². The fourth-order valence-electron chi connectivity index (χ4n) is 2.03. The van der Waals surface area contributed by atoms with E-state index in [0.29, 0.717) is 12.1 Å². The average molecular weight is 205 g/mol. The van der Waals surface area contributed by atoms with E-state index in [1.165, 1.54) is 18.4 Å². The van der Waals surface area contributed by atoms with Crippen molar-refractivity contribution >= 4 is 5.82 Å². The monoisotopic (exact) mass is 205 g/mol. The molecule has 0 spiro atoms. The molecule has 0 bridgehead atoms. The van der Waals surface area contributed by atoms with E-state index in [4.69, 9.17) is 0 Å². The largest absolute Gasteiger partial charge is 0.367 e. The Morgan fingerprint density at radius 3 is 3.00 bits per heavy atom. The van der Waals surface area contributed by atoms with Crippen LogP contribution in [0.5, 0.6) is 0 Å². The van der Waals surface area contributed by atoms with Gasteiger partial charge in [-0.1, -0.05) is 6.07 Å². The molecule has 2 unspecified atom stereocenters. The molecule has 0 saturated carbocycles. The number of nitrogens with zero attached hydrogens (tertiary/aromatic N) is 1. The van der Waals surface area contributed by atoms with Gasteiger partial charge in [0.25, 0.3) is 0 Å². The summed E-state index contributed by atoms with van der Waals surface area (Å²) in [6, 6.07) is 5.33. The molecule has 1 aromatic rings. The van der Waals surface area contributed by atoms with Crippen molar-refractivity contribution in [1.29, 1.82) is 0 Å². The molecule has 1 aromatic heterocycles. The molecule has 2 rings (SSSR count).